The molecule has 10 nitrogen and oxygen atoms in total. The van der Waals surface area contributed by atoms with E-state index in [9.17, 15) is 14.4 Å². The molecule has 1 aromatic heterocycles. The van der Waals surface area contributed by atoms with Gasteiger partial charge in [0, 0.05) is 0 Å². The Morgan fingerprint density at radius 3 is 2.54 bits per heavy atom. The van der Waals surface area contributed by atoms with Gasteiger partial charge in [0.1, 0.15) is 6.04 Å². The second-order valence-corrected chi connectivity index (χ2v) is 6.18. The highest BCUT2D eigenvalue weighted by Gasteiger charge is 2.41. The summed E-state index contributed by atoms with van der Waals surface area (Å²) in [4.78, 5) is 45.6. The smallest absolute Gasteiger partial charge is 0.328 e. The van der Waals surface area contributed by atoms with Crippen LogP contribution in [-0.2, 0) is 23.2 Å². The van der Waals surface area contributed by atoms with Gasteiger partial charge in [-0.3, -0.25) is 14.5 Å². The first-order valence-electron chi connectivity index (χ1n) is 8.21. The summed E-state index contributed by atoms with van der Waals surface area (Å²) in [5.74, 6) is -1.40. The lowest BCUT2D eigenvalue weighted by Gasteiger charge is -2.22. The van der Waals surface area contributed by atoms with E-state index in [2.05, 4.69) is 15.4 Å². The summed E-state index contributed by atoms with van der Waals surface area (Å²) in [5, 5.41) is 12.3. The van der Waals surface area contributed by atoms with Gasteiger partial charge in [0.05, 0.1) is 24.7 Å². The Labute approximate surface area is 148 Å². The number of hydrogen-bond acceptors (Lipinski definition) is 8. The number of aromatic nitrogens is 4. The predicted molar refractivity (Wildman–Crippen MR) is 85.3 cm³/mol. The molecule has 1 aromatic carbocycles. The van der Waals surface area contributed by atoms with Gasteiger partial charge in [-0.15, -0.1) is 10.2 Å². The van der Waals surface area contributed by atoms with Crippen molar-refractivity contribution in [2.45, 2.75) is 25.4 Å². The third-order valence-corrected chi connectivity index (χ3v) is 4.47. The van der Waals surface area contributed by atoms with Crippen LogP contribution in [0, 0.1) is 0 Å². The Balaban J connectivity index is 1.46. The van der Waals surface area contributed by atoms with E-state index in [1.165, 1.54) is 16.9 Å². The lowest BCUT2D eigenvalue weighted by atomic mass is 10.1. The van der Waals surface area contributed by atoms with Crippen molar-refractivity contribution in [2.75, 3.05) is 6.54 Å². The Bertz CT molecular complexity index is 859. The van der Waals surface area contributed by atoms with Crippen LogP contribution in [0.3, 0.4) is 0 Å². The van der Waals surface area contributed by atoms with E-state index >= 15 is 0 Å². The Kier molecular flexibility index (Phi) is 3.96. The third-order valence-electron chi connectivity index (χ3n) is 4.47. The fourth-order valence-corrected chi connectivity index (χ4v) is 3.25. The van der Waals surface area contributed by atoms with E-state index in [0.717, 1.165) is 6.42 Å². The van der Waals surface area contributed by atoms with E-state index in [-0.39, 0.29) is 11.1 Å². The normalized spacial score (nSPS) is 19.9. The van der Waals surface area contributed by atoms with Gasteiger partial charge in [0.2, 0.25) is 0 Å². The minimum atomic E-state index is -0.638. The van der Waals surface area contributed by atoms with Crippen molar-refractivity contribution in [1.82, 2.24) is 30.2 Å². The van der Waals surface area contributed by atoms with Gasteiger partial charge in [-0.05, 0) is 36.7 Å². The maximum Gasteiger partial charge on any atom is 0.350 e. The molecule has 2 amide bonds. The highest BCUT2D eigenvalue weighted by Crippen LogP contribution is 2.25. The Morgan fingerprint density at radius 2 is 1.92 bits per heavy atom. The molecule has 0 N–H and O–H groups in total. The van der Waals surface area contributed by atoms with Crippen molar-refractivity contribution < 1.29 is 19.2 Å². The highest BCUT2D eigenvalue weighted by atomic mass is 16.7. The maximum absolute atomic E-state index is 12.6. The average molecular weight is 356 g/mol. The van der Waals surface area contributed by atoms with Crippen LogP contribution in [0.4, 0.5) is 0 Å². The van der Waals surface area contributed by atoms with Gasteiger partial charge in [0.25, 0.3) is 11.8 Å². The van der Waals surface area contributed by atoms with E-state index in [1.54, 1.807) is 19.2 Å². The van der Waals surface area contributed by atoms with Crippen LogP contribution < -0.4 is 0 Å². The van der Waals surface area contributed by atoms with Gasteiger partial charge in [-0.1, -0.05) is 17.2 Å². The number of hydrogen-bond donors (Lipinski definition) is 0. The molecule has 1 saturated heterocycles. The summed E-state index contributed by atoms with van der Waals surface area (Å²) in [7, 11) is 1.66. The average Bonchev–Trinajstić information content (AvgIpc) is 3.32. The van der Waals surface area contributed by atoms with Gasteiger partial charge in [-0.2, -0.15) is 4.80 Å². The van der Waals surface area contributed by atoms with E-state index in [4.69, 9.17) is 4.84 Å². The van der Waals surface area contributed by atoms with Crippen LogP contribution in [0.2, 0.25) is 0 Å². The van der Waals surface area contributed by atoms with Crippen LogP contribution in [0.1, 0.15) is 39.4 Å². The van der Waals surface area contributed by atoms with Crippen LogP contribution in [0.5, 0.6) is 0 Å². The minimum absolute atomic E-state index is 0.234. The molecular formula is C16H16N6O4. The first kappa shape index (κ1) is 16.3. The summed E-state index contributed by atoms with van der Waals surface area (Å²) in [6, 6.07) is 5.81. The molecule has 0 aliphatic carbocycles. The number of hydroxylamine groups is 2. The lowest BCUT2D eigenvalue weighted by molar-refractivity contribution is -0.174. The zero-order valence-corrected chi connectivity index (χ0v) is 14.0. The van der Waals surface area contributed by atoms with E-state index in [1.807, 2.05) is 4.90 Å². The van der Waals surface area contributed by atoms with Gasteiger partial charge in [0.15, 0.2) is 5.82 Å². The first-order chi connectivity index (χ1) is 12.5. The molecule has 1 atom stereocenters. The van der Waals surface area contributed by atoms with Crippen LogP contribution in [-0.4, -0.2) is 60.5 Å². The summed E-state index contributed by atoms with van der Waals surface area (Å²) in [6.45, 7) is 1.01. The molecule has 134 valence electrons. The Morgan fingerprint density at radius 1 is 1.23 bits per heavy atom. The molecule has 2 aromatic rings. The number of amides is 2. The standard InChI is InChI=1S/C16H16N6O4/c1-20-18-13(17-19-20)9-21-8-4-7-12(21)16(25)26-22-14(23)10-5-2-3-6-11(10)15(22)24/h2-3,5-6,12H,4,7-9H2,1H3/t12-/m1/s1. The van der Waals surface area contributed by atoms with Crippen molar-refractivity contribution in [1.29, 1.82) is 0 Å². The van der Waals surface area contributed by atoms with Crippen LogP contribution in [0.25, 0.3) is 0 Å². The summed E-state index contributed by atoms with van der Waals surface area (Å²) in [5.41, 5.74) is 0.467. The van der Waals surface area contributed by atoms with E-state index < -0.39 is 23.8 Å². The van der Waals surface area contributed by atoms with Crippen molar-refractivity contribution in [2.24, 2.45) is 7.05 Å². The number of nitrogens with zero attached hydrogens (tertiary/aromatic N) is 6. The predicted octanol–water partition coefficient (Wildman–Crippen LogP) is -0.0711. The second-order valence-electron chi connectivity index (χ2n) is 6.18. The molecule has 2 aliphatic rings. The lowest BCUT2D eigenvalue weighted by Crippen LogP contribution is -2.42. The number of carbonyl (C=O) groups is 3. The molecule has 0 spiro atoms. The Hall–Kier alpha value is -3.14. The van der Waals surface area contributed by atoms with E-state index in [0.29, 0.717) is 30.4 Å². The molecule has 0 unspecified atom stereocenters. The SMILES string of the molecule is Cn1nnc(CN2CCC[C@@H]2C(=O)ON2C(=O)c3ccccc3C2=O)n1. The quantitative estimate of drug-likeness (QED) is 0.700. The molecule has 3 heterocycles. The fraction of sp³-hybridized carbons (Fsp3) is 0.375. The first-order valence-corrected chi connectivity index (χ1v) is 8.21. The molecular weight excluding hydrogens is 340 g/mol. The van der Waals surface area contributed by atoms with Gasteiger partial charge >= 0.3 is 5.97 Å². The molecule has 26 heavy (non-hydrogen) atoms. The number of benzene rings is 1. The topological polar surface area (TPSA) is 111 Å². The number of carbonyl (C=O) groups excluding carboxylic acids is 3. The summed E-state index contributed by atoms with van der Waals surface area (Å²) in [6.07, 6.45) is 1.37. The van der Waals surface area contributed by atoms with Crippen molar-refractivity contribution in [3.8, 4) is 0 Å². The second kappa shape index (κ2) is 6.30. The molecule has 4 rings (SSSR count). The maximum atomic E-state index is 12.6. The molecule has 0 radical (unpaired) electrons. The fourth-order valence-electron chi connectivity index (χ4n) is 3.25. The zero-order valence-electron chi connectivity index (χ0n) is 14.0. The number of rotatable bonds is 4. The number of likely N-dealkylation sites (tertiary alicyclic amines) is 1. The molecule has 1 fully saturated rings. The highest BCUT2D eigenvalue weighted by molar-refractivity contribution is 6.20. The zero-order chi connectivity index (χ0) is 18.3. The molecule has 10 heteroatoms. The molecule has 0 saturated carbocycles. The van der Waals surface area contributed by atoms with Crippen molar-refractivity contribution in [3.63, 3.8) is 0 Å². The minimum Gasteiger partial charge on any atom is -0.328 e. The van der Waals surface area contributed by atoms with Crippen molar-refractivity contribution in [3.05, 3.63) is 41.2 Å². The van der Waals surface area contributed by atoms with Gasteiger partial charge in [-0.25, -0.2) is 4.79 Å². The monoisotopic (exact) mass is 356 g/mol. The van der Waals surface area contributed by atoms with Gasteiger partial charge < -0.3 is 4.84 Å². The molecule has 0 bridgehead atoms. The number of tetrazole rings is 1. The molecule has 2 aliphatic heterocycles. The number of fused-ring (bicyclic) bond motifs is 1. The largest absolute Gasteiger partial charge is 0.350 e. The summed E-state index contributed by atoms with van der Waals surface area (Å²) >= 11 is 0. The van der Waals surface area contributed by atoms with Crippen LogP contribution in [0.15, 0.2) is 24.3 Å². The van der Waals surface area contributed by atoms with Crippen LogP contribution >= 0.6 is 0 Å². The third kappa shape index (κ3) is 2.73. The summed E-state index contributed by atoms with van der Waals surface area (Å²) < 4.78 is 0. The number of aryl methyl sites for hydroxylation is 1. The number of imide groups is 1. The van der Waals surface area contributed by atoms with Crippen molar-refractivity contribution >= 4 is 17.8 Å².